The molecule has 0 aliphatic carbocycles. The summed E-state index contributed by atoms with van der Waals surface area (Å²) in [7, 11) is 0. The van der Waals surface area contributed by atoms with Crippen LogP contribution in [-0.4, -0.2) is 21.6 Å². The fourth-order valence-electron chi connectivity index (χ4n) is 1.31. The van der Waals surface area contributed by atoms with Crippen LogP contribution >= 0.6 is 31.9 Å². The Kier molecular flexibility index (Phi) is 5.13. The Balaban J connectivity index is 2.21. The van der Waals surface area contributed by atoms with E-state index in [-0.39, 0.29) is 18.0 Å². The van der Waals surface area contributed by atoms with Crippen molar-refractivity contribution < 1.29 is 9.47 Å². The molecule has 0 aliphatic rings. The van der Waals surface area contributed by atoms with E-state index in [4.69, 9.17) is 15.2 Å². The lowest BCUT2D eigenvalue weighted by Crippen LogP contribution is -2.05. The summed E-state index contributed by atoms with van der Waals surface area (Å²) >= 11 is 6.76. The normalized spacial score (nSPS) is 10.3. The lowest BCUT2D eigenvalue weighted by atomic mass is 10.3. The first-order valence-corrected chi connectivity index (χ1v) is 7.44. The molecule has 2 N–H and O–H groups in total. The SMILES string of the molecule is CCCOc1nc(N)nc(Oc2ccc(Br)cc2Br)n1. The highest BCUT2D eigenvalue weighted by Crippen LogP contribution is 2.31. The van der Waals surface area contributed by atoms with Crippen molar-refractivity contribution in [1.82, 2.24) is 15.0 Å². The molecular weight excluding hydrogens is 392 g/mol. The molecule has 8 heteroatoms. The van der Waals surface area contributed by atoms with Crippen molar-refractivity contribution in [2.24, 2.45) is 0 Å². The Labute approximate surface area is 133 Å². The van der Waals surface area contributed by atoms with Gasteiger partial charge in [0, 0.05) is 4.47 Å². The number of ether oxygens (including phenoxy) is 2. The predicted octanol–water partition coefficient (Wildman–Crippen LogP) is 3.56. The lowest BCUT2D eigenvalue weighted by molar-refractivity contribution is 0.285. The van der Waals surface area contributed by atoms with E-state index in [2.05, 4.69) is 46.8 Å². The van der Waals surface area contributed by atoms with Gasteiger partial charge >= 0.3 is 12.0 Å². The van der Waals surface area contributed by atoms with Crippen LogP contribution in [0.2, 0.25) is 0 Å². The molecule has 1 aromatic carbocycles. The van der Waals surface area contributed by atoms with Gasteiger partial charge in [0.05, 0.1) is 11.1 Å². The van der Waals surface area contributed by atoms with Crippen molar-refractivity contribution >= 4 is 37.8 Å². The van der Waals surface area contributed by atoms with Gasteiger partial charge in [-0.05, 0) is 40.5 Å². The molecule has 0 saturated carbocycles. The van der Waals surface area contributed by atoms with Crippen LogP contribution in [0.4, 0.5) is 5.95 Å². The van der Waals surface area contributed by atoms with E-state index in [9.17, 15) is 0 Å². The van der Waals surface area contributed by atoms with Crippen molar-refractivity contribution in [3.63, 3.8) is 0 Å². The summed E-state index contributed by atoms with van der Waals surface area (Å²) in [5, 5.41) is 0. The molecule has 1 heterocycles. The molecule has 2 aromatic rings. The number of nitrogens with zero attached hydrogens (tertiary/aromatic N) is 3. The fourth-order valence-corrected chi connectivity index (χ4v) is 2.44. The molecule has 0 fully saturated rings. The van der Waals surface area contributed by atoms with E-state index in [0.29, 0.717) is 12.4 Å². The van der Waals surface area contributed by atoms with Crippen LogP contribution < -0.4 is 15.2 Å². The zero-order valence-electron chi connectivity index (χ0n) is 10.6. The third-order valence-corrected chi connectivity index (χ3v) is 3.26. The molecule has 0 radical (unpaired) electrons. The number of benzene rings is 1. The Morgan fingerprint density at radius 2 is 1.90 bits per heavy atom. The van der Waals surface area contributed by atoms with Gasteiger partial charge in [0.1, 0.15) is 5.75 Å². The van der Waals surface area contributed by atoms with Gasteiger partial charge in [0.2, 0.25) is 5.95 Å². The topological polar surface area (TPSA) is 83.2 Å². The maximum atomic E-state index is 5.61. The number of nitrogens with two attached hydrogens (primary N) is 1. The van der Waals surface area contributed by atoms with E-state index >= 15 is 0 Å². The second-order valence-corrected chi connectivity index (χ2v) is 5.55. The van der Waals surface area contributed by atoms with Crippen molar-refractivity contribution in [1.29, 1.82) is 0 Å². The molecule has 2 rings (SSSR count). The van der Waals surface area contributed by atoms with Crippen LogP contribution in [0, 0.1) is 0 Å². The summed E-state index contributed by atoms with van der Waals surface area (Å²) in [5.41, 5.74) is 5.61. The standard InChI is InChI=1S/C12H12Br2N4O2/c1-2-5-19-11-16-10(15)17-12(18-11)20-9-4-3-7(13)6-8(9)14/h3-4,6H,2,5H2,1H3,(H2,15,16,17,18). The first kappa shape index (κ1) is 15.0. The average molecular weight is 404 g/mol. The molecule has 0 spiro atoms. The van der Waals surface area contributed by atoms with Crippen LogP contribution in [0.15, 0.2) is 27.1 Å². The first-order valence-electron chi connectivity index (χ1n) is 5.85. The average Bonchev–Trinajstić information content (AvgIpc) is 2.39. The Hall–Kier alpha value is -1.41. The minimum Gasteiger partial charge on any atom is -0.463 e. The van der Waals surface area contributed by atoms with E-state index < -0.39 is 0 Å². The van der Waals surface area contributed by atoms with Crippen molar-refractivity contribution in [3.8, 4) is 17.8 Å². The second-order valence-electron chi connectivity index (χ2n) is 3.78. The number of hydrogen-bond donors (Lipinski definition) is 1. The van der Waals surface area contributed by atoms with Crippen molar-refractivity contribution in [2.75, 3.05) is 12.3 Å². The summed E-state index contributed by atoms with van der Waals surface area (Å²) < 4.78 is 12.6. The van der Waals surface area contributed by atoms with Gasteiger partial charge in [-0.3, -0.25) is 0 Å². The van der Waals surface area contributed by atoms with E-state index in [0.717, 1.165) is 15.4 Å². The Morgan fingerprint density at radius 3 is 2.60 bits per heavy atom. The van der Waals surface area contributed by atoms with Gasteiger partial charge in [0.25, 0.3) is 0 Å². The van der Waals surface area contributed by atoms with Crippen LogP contribution in [0.1, 0.15) is 13.3 Å². The zero-order valence-corrected chi connectivity index (χ0v) is 13.8. The number of hydrogen-bond acceptors (Lipinski definition) is 6. The van der Waals surface area contributed by atoms with Crippen LogP contribution in [0.5, 0.6) is 17.8 Å². The highest BCUT2D eigenvalue weighted by Gasteiger charge is 2.10. The number of nitrogen functional groups attached to an aromatic ring is 1. The molecule has 0 atom stereocenters. The number of anilines is 1. The summed E-state index contributed by atoms with van der Waals surface area (Å²) in [6.45, 7) is 2.49. The van der Waals surface area contributed by atoms with Gasteiger partial charge < -0.3 is 15.2 Å². The minimum atomic E-state index is 0.0503. The van der Waals surface area contributed by atoms with Crippen LogP contribution in [0.25, 0.3) is 0 Å². The quantitative estimate of drug-likeness (QED) is 0.821. The molecule has 0 aliphatic heterocycles. The molecule has 0 saturated heterocycles. The number of halogens is 2. The van der Waals surface area contributed by atoms with Gasteiger partial charge in [-0.2, -0.15) is 9.97 Å². The van der Waals surface area contributed by atoms with E-state index in [1.165, 1.54) is 0 Å². The lowest BCUT2D eigenvalue weighted by Gasteiger charge is -2.08. The van der Waals surface area contributed by atoms with Crippen molar-refractivity contribution in [2.45, 2.75) is 13.3 Å². The van der Waals surface area contributed by atoms with Crippen molar-refractivity contribution in [3.05, 3.63) is 27.1 Å². The van der Waals surface area contributed by atoms with Gasteiger partial charge in [-0.1, -0.05) is 22.9 Å². The van der Waals surface area contributed by atoms with Gasteiger partial charge in [0.15, 0.2) is 0 Å². The third-order valence-electron chi connectivity index (χ3n) is 2.14. The maximum Gasteiger partial charge on any atom is 0.330 e. The van der Waals surface area contributed by atoms with E-state index in [1.807, 2.05) is 19.1 Å². The molecule has 0 bridgehead atoms. The smallest absolute Gasteiger partial charge is 0.330 e. The highest BCUT2D eigenvalue weighted by atomic mass is 79.9. The maximum absolute atomic E-state index is 5.61. The third kappa shape index (κ3) is 4.04. The number of rotatable bonds is 5. The Morgan fingerprint density at radius 1 is 1.15 bits per heavy atom. The van der Waals surface area contributed by atoms with Gasteiger partial charge in [-0.15, -0.1) is 4.98 Å². The molecule has 6 nitrogen and oxygen atoms in total. The molecule has 1 aromatic heterocycles. The largest absolute Gasteiger partial charge is 0.463 e. The summed E-state index contributed by atoms with van der Waals surface area (Å²) in [4.78, 5) is 11.9. The van der Waals surface area contributed by atoms with Gasteiger partial charge in [-0.25, -0.2) is 0 Å². The molecule has 20 heavy (non-hydrogen) atoms. The fraction of sp³-hybridized carbons (Fsp3) is 0.250. The predicted molar refractivity (Wildman–Crippen MR) is 81.9 cm³/mol. The highest BCUT2D eigenvalue weighted by molar-refractivity contribution is 9.11. The summed E-state index contributed by atoms with van der Waals surface area (Å²) in [6.07, 6.45) is 0.847. The molecule has 0 unspecified atom stereocenters. The number of aromatic nitrogens is 3. The van der Waals surface area contributed by atoms with E-state index in [1.54, 1.807) is 6.07 Å². The minimum absolute atomic E-state index is 0.0503. The Bertz CT molecular complexity index is 610. The molecule has 0 amide bonds. The monoisotopic (exact) mass is 402 g/mol. The van der Waals surface area contributed by atoms with Crippen LogP contribution in [0.3, 0.4) is 0 Å². The first-order chi connectivity index (χ1) is 9.58. The summed E-state index contributed by atoms with van der Waals surface area (Å²) in [5.74, 6) is 0.620. The molecular formula is C12H12Br2N4O2. The molecule has 106 valence electrons. The second kappa shape index (κ2) is 6.85. The summed E-state index contributed by atoms with van der Waals surface area (Å²) in [6, 6.07) is 5.73. The van der Waals surface area contributed by atoms with Crippen LogP contribution in [-0.2, 0) is 0 Å². The zero-order chi connectivity index (χ0) is 14.5.